The average Bonchev–Trinajstić information content (AvgIpc) is 2.20. The van der Waals surface area contributed by atoms with Crippen molar-refractivity contribution in [1.82, 2.24) is 9.55 Å². The maximum absolute atomic E-state index is 11.4. The molecule has 1 heterocycles. The van der Waals surface area contributed by atoms with Crippen molar-refractivity contribution >= 4 is 0 Å². The molecule has 92 valence electrons. The van der Waals surface area contributed by atoms with Crippen LogP contribution in [0, 0.1) is 17.2 Å². The summed E-state index contributed by atoms with van der Waals surface area (Å²) in [6.07, 6.45) is 1.04. The lowest BCUT2D eigenvalue weighted by Crippen LogP contribution is -2.34. The van der Waals surface area contributed by atoms with Gasteiger partial charge < -0.3 is 5.11 Å². The van der Waals surface area contributed by atoms with E-state index in [9.17, 15) is 14.7 Å². The molecule has 1 aromatic heterocycles. The zero-order valence-corrected chi connectivity index (χ0v) is 9.80. The predicted molar refractivity (Wildman–Crippen MR) is 61.5 cm³/mol. The second-order valence-electron chi connectivity index (χ2n) is 4.35. The highest BCUT2D eigenvalue weighted by Gasteiger charge is 2.10. The van der Waals surface area contributed by atoms with Gasteiger partial charge in [-0.05, 0) is 12.3 Å². The van der Waals surface area contributed by atoms with Gasteiger partial charge in [0.1, 0.15) is 11.6 Å². The van der Waals surface area contributed by atoms with Crippen LogP contribution in [0.15, 0.2) is 15.8 Å². The van der Waals surface area contributed by atoms with E-state index in [0.717, 1.165) is 4.57 Å². The Morgan fingerprint density at radius 3 is 2.71 bits per heavy atom. The number of hydrogen-bond acceptors (Lipinski definition) is 4. The molecule has 0 amide bonds. The molecule has 1 atom stereocenters. The van der Waals surface area contributed by atoms with Gasteiger partial charge in [-0.1, -0.05) is 13.8 Å². The first-order valence-corrected chi connectivity index (χ1v) is 5.36. The lowest BCUT2D eigenvalue weighted by atomic mass is 10.1. The van der Waals surface area contributed by atoms with Gasteiger partial charge in [-0.3, -0.25) is 14.3 Å². The molecule has 0 aliphatic rings. The maximum Gasteiger partial charge on any atom is 0.328 e. The maximum atomic E-state index is 11.4. The third kappa shape index (κ3) is 3.57. The van der Waals surface area contributed by atoms with Crippen LogP contribution in [0.4, 0.5) is 0 Å². The van der Waals surface area contributed by atoms with Crippen LogP contribution >= 0.6 is 0 Å². The molecule has 6 nitrogen and oxygen atoms in total. The number of aliphatic hydroxyl groups is 1. The van der Waals surface area contributed by atoms with E-state index in [1.807, 2.05) is 18.8 Å². The molecule has 17 heavy (non-hydrogen) atoms. The number of rotatable bonds is 4. The lowest BCUT2D eigenvalue weighted by molar-refractivity contribution is 0.128. The van der Waals surface area contributed by atoms with Crippen molar-refractivity contribution in [3.8, 4) is 6.07 Å². The molecule has 0 aliphatic heterocycles. The fourth-order valence-corrected chi connectivity index (χ4v) is 1.57. The summed E-state index contributed by atoms with van der Waals surface area (Å²) < 4.78 is 1.15. The highest BCUT2D eigenvalue weighted by Crippen LogP contribution is 2.05. The molecule has 0 spiro atoms. The number of aliphatic hydroxyl groups excluding tert-OH is 1. The Kier molecular flexibility index (Phi) is 4.24. The summed E-state index contributed by atoms with van der Waals surface area (Å²) >= 11 is 0. The minimum absolute atomic E-state index is 0.0719. The molecule has 0 saturated carbocycles. The van der Waals surface area contributed by atoms with Crippen molar-refractivity contribution in [2.24, 2.45) is 5.92 Å². The fraction of sp³-hybridized carbons (Fsp3) is 0.545. The van der Waals surface area contributed by atoms with Crippen LogP contribution in [0.1, 0.15) is 25.8 Å². The third-order valence-electron chi connectivity index (χ3n) is 2.28. The number of H-pyrrole nitrogens is 1. The Bertz CT molecular complexity index is 536. The van der Waals surface area contributed by atoms with E-state index in [2.05, 4.69) is 0 Å². The quantitative estimate of drug-likeness (QED) is 0.758. The number of nitriles is 1. The lowest BCUT2D eigenvalue weighted by Gasteiger charge is -2.14. The van der Waals surface area contributed by atoms with Gasteiger partial charge in [0.25, 0.3) is 5.56 Å². The first-order chi connectivity index (χ1) is 7.93. The minimum Gasteiger partial charge on any atom is -0.391 e. The van der Waals surface area contributed by atoms with Gasteiger partial charge in [0.05, 0.1) is 12.6 Å². The van der Waals surface area contributed by atoms with Gasteiger partial charge in [0.2, 0.25) is 0 Å². The van der Waals surface area contributed by atoms with Crippen molar-refractivity contribution in [3.05, 3.63) is 32.6 Å². The van der Waals surface area contributed by atoms with E-state index in [-0.39, 0.29) is 12.1 Å². The van der Waals surface area contributed by atoms with Crippen LogP contribution in [-0.2, 0) is 6.54 Å². The van der Waals surface area contributed by atoms with Crippen LogP contribution < -0.4 is 11.2 Å². The monoisotopic (exact) mass is 237 g/mol. The predicted octanol–water partition coefficient (Wildman–Crippen LogP) is -0.185. The standard InChI is InChI=1S/C11H15N3O3/c1-7(2)3-9(15)6-14-5-8(4-12)10(16)13-11(14)17/h5,7,9,15H,3,6H2,1-2H3,(H,13,16,17). The van der Waals surface area contributed by atoms with Crippen LogP contribution in [0.3, 0.4) is 0 Å². The third-order valence-corrected chi connectivity index (χ3v) is 2.28. The Morgan fingerprint density at radius 1 is 1.53 bits per heavy atom. The minimum atomic E-state index is -0.702. The summed E-state index contributed by atoms with van der Waals surface area (Å²) in [4.78, 5) is 24.6. The normalized spacial score (nSPS) is 12.4. The van der Waals surface area contributed by atoms with E-state index >= 15 is 0 Å². The molecule has 1 unspecified atom stereocenters. The summed E-state index contributed by atoms with van der Waals surface area (Å²) in [5.41, 5.74) is -1.45. The van der Waals surface area contributed by atoms with Crippen LogP contribution in [0.5, 0.6) is 0 Å². The summed E-state index contributed by atoms with van der Waals surface area (Å²) in [7, 11) is 0. The average molecular weight is 237 g/mol. The van der Waals surface area contributed by atoms with Crippen molar-refractivity contribution in [2.75, 3.05) is 0 Å². The van der Waals surface area contributed by atoms with Crippen LogP contribution in [0.25, 0.3) is 0 Å². The summed E-state index contributed by atoms with van der Waals surface area (Å²) in [5.74, 6) is 0.305. The summed E-state index contributed by atoms with van der Waals surface area (Å²) in [6, 6.07) is 1.69. The Hall–Kier alpha value is -1.87. The number of nitrogens with one attached hydrogen (secondary N) is 1. The van der Waals surface area contributed by atoms with Crippen molar-refractivity contribution in [3.63, 3.8) is 0 Å². The van der Waals surface area contributed by atoms with Gasteiger partial charge in [0.15, 0.2) is 0 Å². The zero-order chi connectivity index (χ0) is 13.0. The molecule has 6 heteroatoms. The number of hydrogen-bond donors (Lipinski definition) is 2. The highest BCUT2D eigenvalue weighted by molar-refractivity contribution is 5.21. The van der Waals surface area contributed by atoms with E-state index in [4.69, 9.17) is 5.26 Å². The fourth-order valence-electron chi connectivity index (χ4n) is 1.57. The Balaban J connectivity index is 2.96. The second kappa shape index (κ2) is 5.46. The first-order valence-electron chi connectivity index (χ1n) is 5.36. The molecule has 1 rings (SSSR count). The van der Waals surface area contributed by atoms with Crippen molar-refractivity contribution in [1.29, 1.82) is 5.26 Å². The molecule has 0 aromatic carbocycles. The van der Waals surface area contributed by atoms with Crippen molar-refractivity contribution in [2.45, 2.75) is 32.9 Å². The largest absolute Gasteiger partial charge is 0.391 e. The molecule has 0 radical (unpaired) electrons. The van der Waals surface area contributed by atoms with Gasteiger partial charge in [-0.25, -0.2) is 4.79 Å². The molecular formula is C11H15N3O3. The number of aromatic amines is 1. The molecule has 2 N–H and O–H groups in total. The SMILES string of the molecule is CC(C)CC(O)Cn1cc(C#N)c(=O)[nH]c1=O. The smallest absolute Gasteiger partial charge is 0.328 e. The molecule has 0 bridgehead atoms. The van der Waals surface area contributed by atoms with Gasteiger partial charge in [-0.15, -0.1) is 0 Å². The number of aromatic nitrogens is 2. The van der Waals surface area contributed by atoms with Gasteiger partial charge in [0, 0.05) is 6.20 Å². The topological polar surface area (TPSA) is 98.9 Å². The molecule has 1 aromatic rings. The van der Waals surface area contributed by atoms with Gasteiger partial charge in [-0.2, -0.15) is 5.26 Å². The summed E-state index contributed by atoms with van der Waals surface area (Å²) in [5, 5.41) is 18.4. The Morgan fingerprint density at radius 2 is 2.18 bits per heavy atom. The molecule has 0 saturated heterocycles. The zero-order valence-electron chi connectivity index (χ0n) is 9.80. The highest BCUT2D eigenvalue weighted by atomic mass is 16.3. The van der Waals surface area contributed by atoms with Gasteiger partial charge >= 0.3 is 5.69 Å². The van der Waals surface area contributed by atoms with Crippen LogP contribution in [0.2, 0.25) is 0 Å². The van der Waals surface area contributed by atoms with E-state index in [1.54, 1.807) is 6.07 Å². The molecule has 0 fully saturated rings. The second-order valence-corrected chi connectivity index (χ2v) is 4.35. The van der Waals surface area contributed by atoms with E-state index in [0.29, 0.717) is 12.3 Å². The molecular weight excluding hydrogens is 222 g/mol. The Labute approximate surface area is 98.1 Å². The first kappa shape index (κ1) is 13.2. The molecule has 0 aliphatic carbocycles. The van der Waals surface area contributed by atoms with Crippen LogP contribution in [-0.4, -0.2) is 20.8 Å². The van der Waals surface area contributed by atoms with E-state index in [1.165, 1.54) is 6.20 Å². The number of nitrogens with zero attached hydrogens (tertiary/aromatic N) is 2. The van der Waals surface area contributed by atoms with Crippen molar-refractivity contribution < 1.29 is 5.11 Å². The summed E-state index contributed by atoms with van der Waals surface area (Å²) in [6.45, 7) is 3.99. The van der Waals surface area contributed by atoms with E-state index < -0.39 is 17.4 Å².